The molecule has 0 spiro atoms. The van der Waals surface area contributed by atoms with Gasteiger partial charge in [-0.15, -0.1) is 0 Å². The molecule has 3 aromatic rings. The number of nitriles is 1. The van der Waals surface area contributed by atoms with Crippen LogP contribution < -0.4 is 5.73 Å². The second-order valence-corrected chi connectivity index (χ2v) is 8.02. The minimum absolute atomic E-state index is 0.302. The maximum absolute atomic E-state index is 10.1. The van der Waals surface area contributed by atoms with Crippen LogP contribution in [0.5, 0.6) is 0 Å². The first-order chi connectivity index (χ1) is 16.3. The molecule has 0 amide bonds. The summed E-state index contributed by atoms with van der Waals surface area (Å²) in [7, 11) is 0. The van der Waals surface area contributed by atoms with Crippen LogP contribution in [0, 0.1) is 11.3 Å². The van der Waals surface area contributed by atoms with Crippen LogP contribution in [0.3, 0.4) is 0 Å². The van der Waals surface area contributed by atoms with Crippen LogP contribution >= 0.6 is 0 Å². The van der Waals surface area contributed by atoms with Gasteiger partial charge >= 0.3 is 0 Å². The first-order valence-corrected chi connectivity index (χ1v) is 10.8. The topological polar surface area (TPSA) is 88.1 Å². The van der Waals surface area contributed by atoms with E-state index < -0.39 is 0 Å². The molecule has 1 aromatic carbocycles. The van der Waals surface area contributed by atoms with Crippen molar-refractivity contribution in [1.82, 2.24) is 14.9 Å². The highest BCUT2D eigenvalue weighted by molar-refractivity contribution is 5.64. The number of nitrogens with zero attached hydrogens (tertiary/aromatic N) is 4. The fourth-order valence-corrected chi connectivity index (χ4v) is 4.51. The van der Waals surface area contributed by atoms with Crippen LogP contribution in [0.1, 0.15) is 22.6 Å². The summed E-state index contributed by atoms with van der Waals surface area (Å²) < 4.78 is 6.04. The summed E-state index contributed by atoms with van der Waals surface area (Å²) in [5, 5.41) is 10.1. The molecule has 6 nitrogen and oxygen atoms in total. The molecule has 0 aliphatic carbocycles. The van der Waals surface area contributed by atoms with Crippen molar-refractivity contribution < 1.29 is 4.74 Å². The number of benzene rings is 1. The molecule has 162 valence electrons. The fourth-order valence-electron chi connectivity index (χ4n) is 4.51. The standard InChI is InChI=1S/C27H23N5O/c28-13-23-25(21-9-5-11-31-15-21)24-18-33-17-22(12-20-8-4-10-30-14-20)26(24)32(27(23)29)16-19-6-2-1-3-7-19/h1-12,14-15,25H,16-18,29H2/b22-12+/t25-/m0/s1. The van der Waals surface area contributed by atoms with Gasteiger partial charge in [0.1, 0.15) is 5.82 Å². The van der Waals surface area contributed by atoms with Gasteiger partial charge in [-0.3, -0.25) is 9.97 Å². The third-order valence-corrected chi connectivity index (χ3v) is 5.94. The molecule has 0 unspecified atom stereocenters. The smallest absolute Gasteiger partial charge is 0.118 e. The Labute approximate surface area is 193 Å². The summed E-state index contributed by atoms with van der Waals surface area (Å²) in [5.41, 5.74) is 13.3. The van der Waals surface area contributed by atoms with Gasteiger partial charge in [0.25, 0.3) is 0 Å². The quantitative estimate of drug-likeness (QED) is 0.665. The van der Waals surface area contributed by atoms with E-state index in [2.05, 4.69) is 39.1 Å². The number of aromatic nitrogens is 2. The highest BCUT2D eigenvalue weighted by Gasteiger charge is 2.38. The number of hydrogen-bond acceptors (Lipinski definition) is 6. The number of rotatable bonds is 4. The summed E-state index contributed by atoms with van der Waals surface area (Å²) in [5.74, 6) is 0.163. The average molecular weight is 434 g/mol. The minimum atomic E-state index is -0.302. The lowest BCUT2D eigenvalue weighted by atomic mass is 9.79. The van der Waals surface area contributed by atoms with E-state index in [9.17, 15) is 5.26 Å². The lowest BCUT2D eigenvalue weighted by Gasteiger charge is -2.41. The van der Waals surface area contributed by atoms with Crippen molar-refractivity contribution >= 4 is 6.08 Å². The Balaban J connectivity index is 1.70. The van der Waals surface area contributed by atoms with Crippen LogP contribution in [0.2, 0.25) is 0 Å². The predicted octanol–water partition coefficient (Wildman–Crippen LogP) is 4.14. The van der Waals surface area contributed by atoms with E-state index in [1.165, 1.54) is 0 Å². The molecule has 2 aliphatic heterocycles. The normalized spacial score (nSPS) is 19.4. The zero-order valence-electron chi connectivity index (χ0n) is 18.1. The number of allylic oxidation sites excluding steroid dienone is 1. The van der Waals surface area contributed by atoms with Crippen molar-refractivity contribution in [3.05, 3.63) is 124 Å². The van der Waals surface area contributed by atoms with E-state index in [-0.39, 0.29) is 5.92 Å². The Morgan fingerprint density at radius 2 is 1.82 bits per heavy atom. The fraction of sp³-hybridized carbons (Fsp3) is 0.148. The van der Waals surface area contributed by atoms with Gasteiger partial charge in [-0.1, -0.05) is 42.5 Å². The Kier molecular flexibility index (Phi) is 5.71. The monoisotopic (exact) mass is 433 g/mol. The molecule has 0 radical (unpaired) electrons. The van der Waals surface area contributed by atoms with Gasteiger partial charge < -0.3 is 15.4 Å². The third kappa shape index (κ3) is 4.02. The van der Waals surface area contributed by atoms with Crippen LogP contribution in [0.4, 0.5) is 0 Å². The molecular weight excluding hydrogens is 410 g/mol. The Bertz CT molecular complexity index is 1270. The molecular formula is C27H23N5O. The van der Waals surface area contributed by atoms with Crippen LogP contribution in [-0.2, 0) is 11.3 Å². The molecule has 0 saturated carbocycles. The second-order valence-electron chi connectivity index (χ2n) is 8.02. The second kappa shape index (κ2) is 9.11. The van der Waals surface area contributed by atoms with E-state index in [0.29, 0.717) is 31.2 Å². The highest BCUT2D eigenvalue weighted by Crippen LogP contribution is 2.44. The summed E-state index contributed by atoms with van der Waals surface area (Å²) >= 11 is 0. The van der Waals surface area contributed by atoms with Gasteiger partial charge in [0.05, 0.1) is 30.6 Å². The van der Waals surface area contributed by atoms with E-state index in [4.69, 9.17) is 10.5 Å². The van der Waals surface area contributed by atoms with Crippen LogP contribution in [0.15, 0.2) is 108 Å². The molecule has 6 heteroatoms. The zero-order chi connectivity index (χ0) is 22.6. The van der Waals surface area contributed by atoms with Gasteiger partial charge in [0.2, 0.25) is 0 Å². The zero-order valence-corrected chi connectivity index (χ0v) is 18.1. The third-order valence-electron chi connectivity index (χ3n) is 5.94. The summed E-state index contributed by atoms with van der Waals surface area (Å²) in [6, 6.07) is 20.3. The molecule has 0 saturated heterocycles. The van der Waals surface area contributed by atoms with Gasteiger partial charge in [0.15, 0.2) is 0 Å². The number of ether oxygens (including phenoxy) is 1. The summed E-state index contributed by atoms with van der Waals surface area (Å²) in [6.07, 6.45) is 9.19. The molecule has 4 heterocycles. The van der Waals surface area contributed by atoms with Crippen molar-refractivity contribution in [2.45, 2.75) is 12.5 Å². The van der Waals surface area contributed by atoms with E-state index in [0.717, 1.165) is 33.5 Å². The molecule has 1 atom stereocenters. The minimum Gasteiger partial charge on any atom is -0.384 e. The molecule has 2 aliphatic rings. The first-order valence-electron chi connectivity index (χ1n) is 10.8. The van der Waals surface area contributed by atoms with Crippen molar-refractivity contribution in [3.8, 4) is 6.07 Å². The SMILES string of the molecule is N#CC1=C(N)N(Cc2ccccc2)C2=C(COC/C2=C\c2cccnc2)[C@H]1c1cccnc1. The predicted molar refractivity (Wildman–Crippen MR) is 126 cm³/mol. The van der Waals surface area contributed by atoms with Crippen LogP contribution in [0.25, 0.3) is 6.08 Å². The molecule has 0 bridgehead atoms. The Morgan fingerprint density at radius 3 is 2.52 bits per heavy atom. The van der Waals surface area contributed by atoms with Crippen LogP contribution in [-0.4, -0.2) is 28.1 Å². The Morgan fingerprint density at radius 1 is 1.03 bits per heavy atom. The molecule has 0 fully saturated rings. The van der Waals surface area contributed by atoms with Crippen molar-refractivity contribution in [3.63, 3.8) is 0 Å². The number of hydrogen-bond donors (Lipinski definition) is 1. The van der Waals surface area contributed by atoms with Gasteiger partial charge in [-0.2, -0.15) is 5.26 Å². The summed E-state index contributed by atoms with van der Waals surface area (Å²) in [6.45, 7) is 1.43. The van der Waals surface area contributed by atoms with E-state index in [1.54, 1.807) is 18.6 Å². The van der Waals surface area contributed by atoms with Gasteiger partial charge in [0, 0.05) is 42.8 Å². The Hall–Kier alpha value is -4.21. The molecule has 2 aromatic heterocycles. The highest BCUT2D eigenvalue weighted by atomic mass is 16.5. The largest absolute Gasteiger partial charge is 0.384 e. The van der Waals surface area contributed by atoms with Gasteiger partial charge in [-0.05, 0) is 40.5 Å². The summed E-state index contributed by atoms with van der Waals surface area (Å²) in [4.78, 5) is 10.6. The van der Waals surface area contributed by atoms with E-state index in [1.807, 2.05) is 48.7 Å². The molecule has 5 rings (SSSR count). The van der Waals surface area contributed by atoms with Crippen molar-refractivity contribution in [1.29, 1.82) is 5.26 Å². The maximum atomic E-state index is 10.1. The lowest BCUT2D eigenvalue weighted by Crippen LogP contribution is -2.39. The number of pyridine rings is 2. The van der Waals surface area contributed by atoms with Gasteiger partial charge in [-0.25, -0.2) is 0 Å². The van der Waals surface area contributed by atoms with Crippen molar-refractivity contribution in [2.75, 3.05) is 13.2 Å². The molecule has 2 N–H and O–H groups in total. The van der Waals surface area contributed by atoms with Crippen molar-refractivity contribution in [2.24, 2.45) is 5.73 Å². The lowest BCUT2D eigenvalue weighted by molar-refractivity contribution is 0.157. The molecule has 33 heavy (non-hydrogen) atoms. The number of nitrogens with two attached hydrogens (primary N) is 1. The van der Waals surface area contributed by atoms with E-state index >= 15 is 0 Å². The maximum Gasteiger partial charge on any atom is 0.118 e. The average Bonchev–Trinajstić information content (AvgIpc) is 2.87. The first kappa shape index (κ1) is 20.7.